The summed E-state index contributed by atoms with van der Waals surface area (Å²) in [5.41, 5.74) is 2.03. The van der Waals surface area contributed by atoms with Gasteiger partial charge in [0.2, 0.25) is 0 Å². The van der Waals surface area contributed by atoms with E-state index in [2.05, 4.69) is 35.7 Å². The van der Waals surface area contributed by atoms with Crippen molar-refractivity contribution in [3.63, 3.8) is 0 Å². The Hall–Kier alpha value is -2.62. The van der Waals surface area contributed by atoms with Crippen molar-refractivity contribution in [2.75, 3.05) is 0 Å². The molecule has 0 aliphatic rings. The van der Waals surface area contributed by atoms with Crippen LogP contribution in [-0.4, -0.2) is 20.3 Å². The summed E-state index contributed by atoms with van der Waals surface area (Å²) in [7, 11) is 0. The summed E-state index contributed by atoms with van der Waals surface area (Å²) < 4.78 is 2.07. The predicted octanol–water partition coefficient (Wildman–Crippen LogP) is 4.48. The van der Waals surface area contributed by atoms with Gasteiger partial charge in [0.15, 0.2) is 5.78 Å². The lowest BCUT2D eigenvalue weighted by Crippen LogP contribution is -2.01. The Morgan fingerprint density at radius 3 is 2.92 bits per heavy atom. The molecule has 0 fully saturated rings. The van der Waals surface area contributed by atoms with Gasteiger partial charge in [0.1, 0.15) is 5.65 Å². The van der Waals surface area contributed by atoms with Crippen LogP contribution in [-0.2, 0) is 11.2 Å². The number of aliphatic hydroxyl groups is 1. The minimum Gasteiger partial charge on any atom is -0.512 e. The number of ketones is 1. The average Bonchev–Trinajstić information content (AvgIpc) is 2.95. The van der Waals surface area contributed by atoms with Crippen molar-refractivity contribution in [3.8, 4) is 0 Å². The van der Waals surface area contributed by atoms with Crippen LogP contribution < -0.4 is 0 Å². The zero-order valence-corrected chi connectivity index (χ0v) is 14.1. The first kappa shape index (κ1) is 16.2. The van der Waals surface area contributed by atoms with Crippen LogP contribution in [0.1, 0.15) is 32.4 Å². The molecule has 3 rings (SSSR count). The minimum absolute atomic E-state index is 0.118. The first-order valence-corrected chi connectivity index (χ1v) is 8.28. The van der Waals surface area contributed by atoms with E-state index in [4.69, 9.17) is 4.98 Å². The van der Waals surface area contributed by atoms with Gasteiger partial charge in [-0.2, -0.15) is 0 Å². The minimum atomic E-state index is -0.118. The van der Waals surface area contributed by atoms with E-state index < -0.39 is 0 Å². The number of aliphatic hydroxyl groups excluding tert-OH is 1. The second-order valence-corrected chi connectivity index (χ2v) is 6.46. The van der Waals surface area contributed by atoms with Crippen molar-refractivity contribution in [3.05, 3.63) is 60.3 Å². The molecule has 3 aromatic rings. The van der Waals surface area contributed by atoms with E-state index in [1.165, 1.54) is 18.4 Å². The maximum atomic E-state index is 10.9. The Morgan fingerprint density at radius 2 is 2.12 bits per heavy atom. The largest absolute Gasteiger partial charge is 0.512 e. The number of carbonyl (C=O) groups is 1. The van der Waals surface area contributed by atoms with E-state index in [0.717, 1.165) is 29.6 Å². The second kappa shape index (κ2) is 6.87. The Morgan fingerprint density at radius 1 is 1.33 bits per heavy atom. The van der Waals surface area contributed by atoms with Gasteiger partial charge in [-0.25, -0.2) is 4.98 Å². The fourth-order valence-corrected chi connectivity index (χ4v) is 3.02. The van der Waals surface area contributed by atoms with E-state index >= 15 is 0 Å². The van der Waals surface area contributed by atoms with Crippen LogP contribution >= 0.6 is 0 Å². The van der Waals surface area contributed by atoms with Crippen LogP contribution in [0.2, 0.25) is 0 Å². The number of imidazole rings is 1. The zero-order valence-electron chi connectivity index (χ0n) is 14.1. The first-order valence-electron chi connectivity index (χ1n) is 8.28. The van der Waals surface area contributed by atoms with Gasteiger partial charge in [0.05, 0.1) is 11.5 Å². The summed E-state index contributed by atoms with van der Waals surface area (Å²) in [6.45, 7) is 3.59. The van der Waals surface area contributed by atoms with Gasteiger partial charge >= 0.3 is 0 Å². The van der Waals surface area contributed by atoms with Gasteiger partial charge in [0.25, 0.3) is 0 Å². The van der Waals surface area contributed by atoms with Crippen LogP contribution in [0.3, 0.4) is 0 Å². The standard InChI is InChI=1S/C20H22N2O2/c1-14(7-8-18(24)12-15(2)23)11-17-13-22-10-9-16-5-3-4-6-19(16)20(22)21-17/h3-6,9-10,12-14,24H,7-8,11H2,1-2H3. The van der Waals surface area contributed by atoms with Crippen molar-refractivity contribution in [1.82, 2.24) is 9.38 Å². The third-order valence-electron chi connectivity index (χ3n) is 4.22. The summed E-state index contributed by atoms with van der Waals surface area (Å²) in [4.78, 5) is 15.7. The van der Waals surface area contributed by atoms with Crippen molar-refractivity contribution in [2.45, 2.75) is 33.1 Å². The molecule has 4 heteroatoms. The molecular formula is C20H22N2O2. The molecule has 124 valence electrons. The summed E-state index contributed by atoms with van der Waals surface area (Å²) in [6, 6.07) is 10.4. The van der Waals surface area contributed by atoms with Crippen molar-refractivity contribution >= 4 is 22.2 Å². The van der Waals surface area contributed by atoms with E-state index in [1.54, 1.807) is 0 Å². The van der Waals surface area contributed by atoms with Crippen LogP contribution in [0, 0.1) is 5.92 Å². The molecule has 0 saturated carbocycles. The highest BCUT2D eigenvalue weighted by molar-refractivity contribution is 5.93. The third-order valence-corrected chi connectivity index (χ3v) is 4.22. The van der Waals surface area contributed by atoms with E-state index in [0.29, 0.717) is 12.3 Å². The number of carbonyl (C=O) groups excluding carboxylic acids is 1. The van der Waals surface area contributed by atoms with Crippen LogP contribution in [0.15, 0.2) is 54.6 Å². The molecule has 24 heavy (non-hydrogen) atoms. The fourth-order valence-electron chi connectivity index (χ4n) is 3.02. The number of pyridine rings is 1. The van der Waals surface area contributed by atoms with Gasteiger partial charge in [-0.1, -0.05) is 31.2 Å². The quantitative estimate of drug-likeness (QED) is 0.538. The highest BCUT2D eigenvalue weighted by Gasteiger charge is 2.10. The third kappa shape index (κ3) is 3.65. The number of benzene rings is 1. The zero-order chi connectivity index (χ0) is 17.1. The molecule has 0 aliphatic heterocycles. The fraction of sp³-hybridized carbons (Fsp3) is 0.300. The predicted molar refractivity (Wildman–Crippen MR) is 96.2 cm³/mol. The molecule has 0 saturated heterocycles. The highest BCUT2D eigenvalue weighted by atomic mass is 16.3. The van der Waals surface area contributed by atoms with Gasteiger partial charge in [0, 0.05) is 30.3 Å². The molecule has 0 radical (unpaired) electrons. The monoisotopic (exact) mass is 322 g/mol. The molecule has 2 aromatic heterocycles. The Bertz CT molecular complexity index is 908. The molecule has 1 N–H and O–H groups in total. The number of allylic oxidation sites excluding steroid dienone is 2. The van der Waals surface area contributed by atoms with Crippen LogP contribution in [0.5, 0.6) is 0 Å². The van der Waals surface area contributed by atoms with Crippen LogP contribution in [0.4, 0.5) is 0 Å². The molecule has 1 atom stereocenters. The molecule has 0 spiro atoms. The summed E-state index contributed by atoms with van der Waals surface area (Å²) >= 11 is 0. The SMILES string of the molecule is CC(=O)C=C(O)CCC(C)Cc1cn2ccc3ccccc3c2n1. The molecule has 0 amide bonds. The number of hydrogen-bond donors (Lipinski definition) is 1. The Labute approximate surface area is 141 Å². The number of aromatic nitrogens is 2. The lowest BCUT2D eigenvalue weighted by atomic mass is 9.99. The smallest absolute Gasteiger partial charge is 0.155 e. The van der Waals surface area contributed by atoms with E-state index in [9.17, 15) is 9.90 Å². The topological polar surface area (TPSA) is 54.6 Å². The Kier molecular flexibility index (Phi) is 4.65. The molecule has 4 nitrogen and oxygen atoms in total. The molecule has 2 heterocycles. The van der Waals surface area contributed by atoms with Gasteiger partial charge in [-0.3, -0.25) is 4.79 Å². The number of rotatable bonds is 6. The maximum absolute atomic E-state index is 10.9. The molecular weight excluding hydrogens is 300 g/mol. The van der Waals surface area contributed by atoms with Crippen molar-refractivity contribution in [2.24, 2.45) is 5.92 Å². The van der Waals surface area contributed by atoms with Crippen LogP contribution in [0.25, 0.3) is 16.4 Å². The average molecular weight is 322 g/mol. The Balaban J connectivity index is 1.73. The van der Waals surface area contributed by atoms with E-state index in [-0.39, 0.29) is 11.5 Å². The lowest BCUT2D eigenvalue weighted by molar-refractivity contribution is -0.112. The number of hydrogen-bond acceptors (Lipinski definition) is 3. The summed E-state index contributed by atoms with van der Waals surface area (Å²) in [5, 5.41) is 12.0. The summed E-state index contributed by atoms with van der Waals surface area (Å²) in [5.74, 6) is 0.423. The molecule has 0 aliphatic carbocycles. The van der Waals surface area contributed by atoms with Gasteiger partial charge in [-0.05, 0) is 37.1 Å². The summed E-state index contributed by atoms with van der Waals surface area (Å²) in [6.07, 6.45) is 7.61. The number of fused-ring (bicyclic) bond motifs is 3. The van der Waals surface area contributed by atoms with E-state index in [1.807, 2.05) is 18.3 Å². The highest BCUT2D eigenvalue weighted by Crippen LogP contribution is 2.21. The van der Waals surface area contributed by atoms with Crippen molar-refractivity contribution in [1.29, 1.82) is 0 Å². The van der Waals surface area contributed by atoms with Crippen molar-refractivity contribution < 1.29 is 9.90 Å². The lowest BCUT2D eigenvalue weighted by Gasteiger charge is -2.08. The normalized spacial score (nSPS) is 13.5. The van der Waals surface area contributed by atoms with Gasteiger partial charge < -0.3 is 9.51 Å². The molecule has 1 aromatic carbocycles. The first-order chi connectivity index (χ1) is 11.5. The second-order valence-electron chi connectivity index (χ2n) is 6.46. The maximum Gasteiger partial charge on any atom is 0.155 e. The molecule has 1 unspecified atom stereocenters. The van der Waals surface area contributed by atoms with Gasteiger partial charge in [-0.15, -0.1) is 0 Å². The molecule has 0 bridgehead atoms. The number of nitrogens with zero attached hydrogens (tertiary/aromatic N) is 2.